The van der Waals surface area contributed by atoms with Gasteiger partial charge in [0.2, 0.25) is 50.6 Å². The van der Waals surface area contributed by atoms with Crippen LogP contribution in [0.4, 0.5) is 0 Å². The van der Waals surface area contributed by atoms with E-state index >= 15 is 0 Å². The minimum Gasteiger partial charge on any atom is -0.512 e. The average molecular weight is 2130 g/mol. The van der Waals surface area contributed by atoms with Gasteiger partial charge in [-0.05, 0) is 0 Å². The minimum absolute atomic E-state index is 0. The number of rotatable bonds is 8. The molecule has 16 aromatic rings. The molecule has 24 heteroatoms. The van der Waals surface area contributed by atoms with Gasteiger partial charge in [-0.15, -0.1) is 0 Å². The molecule has 0 atom stereocenters. The van der Waals surface area contributed by atoms with E-state index in [-0.39, 0.29) is 80.4 Å². The molecule has 108 heavy (non-hydrogen) atoms. The summed E-state index contributed by atoms with van der Waals surface area (Å²) < 4.78 is 30.2. The van der Waals surface area contributed by atoms with Crippen LogP contribution in [0.3, 0.4) is 0 Å². The van der Waals surface area contributed by atoms with Gasteiger partial charge in [0.25, 0.3) is 0 Å². The standard InChI is InChI=1S/8C10H9N2.4CN.4Ir/c8*1-11-7-8-12(9-11)10-5-3-2-4-6-10;4*1-2;;;;/h8*2-5,7-8H,1H3;;;;;;;;/q12*-1;;;;. The van der Waals surface area contributed by atoms with Crippen LogP contribution in [0.1, 0.15) is 0 Å². The fourth-order valence-electron chi connectivity index (χ4n) is 8.57. The Balaban J connectivity index is 0.000000605. The predicted octanol–water partition coefficient (Wildman–Crippen LogP) is 7.59. The molecule has 20 nitrogen and oxygen atoms in total. The molecule has 0 amide bonds. The molecule has 0 saturated carbocycles. The third kappa shape index (κ3) is 33.4. The molecule has 0 unspecified atom stereocenters. The Morgan fingerprint density at radius 3 is 0.361 bits per heavy atom. The number of benzene rings is 8. The molecule has 8 aromatic heterocycles. The molecular formula is C84H72Ir4N20-12. The van der Waals surface area contributed by atoms with Gasteiger partial charge in [0.05, 0.1) is 56.4 Å². The summed E-state index contributed by atoms with van der Waals surface area (Å²) in [7, 11) is 15.6. The van der Waals surface area contributed by atoms with E-state index in [9.17, 15) is 0 Å². The van der Waals surface area contributed by atoms with Crippen LogP contribution in [-0.4, -0.2) is 36.5 Å². The van der Waals surface area contributed by atoms with Gasteiger partial charge in [0.1, 0.15) is 0 Å². The summed E-state index contributed by atoms with van der Waals surface area (Å²) in [6, 6.07) is 87.5. The molecule has 0 spiro atoms. The SMILES string of the molecule is C[n+]1[c-]n(-c2[c-]cccc2)cc1.C[n+]1[c-]n(-c2[c-]cccc2)cc1.C[n+]1[c-]n(-c2[c-]cccc2)cc1.C[n+]1[c-]n(-c2[c-]cccc2)cc1.C[n+]1[c-]n(-c2[c-]cccc2)cc1.C[n+]1[c-]n(-c2[c-]cccc2)cc1.C[n+]1[c-]n(-c2[c-]cccc2)cc1.C[n+]1[c-]n(-c2[c-]cccc2)cc1.[C-]#N.[C-]#N.[C-]#N.[C-]#N.[Ir].[Ir].[Ir].[Ir]. The van der Waals surface area contributed by atoms with Gasteiger partial charge >= 0.3 is 0 Å². The molecule has 556 valence electrons. The van der Waals surface area contributed by atoms with Gasteiger partial charge in [-0.1, -0.05) is 45.5 Å². The Labute approximate surface area is 689 Å². The molecule has 0 N–H and O–H groups in total. The molecule has 4 radical (unpaired) electrons. The topological polar surface area (TPSA) is 166 Å². The average Bonchev–Trinajstić information content (AvgIpc) is 1.76. The van der Waals surface area contributed by atoms with Crippen LogP contribution in [0, 0.1) is 146 Å². The molecule has 0 fully saturated rings. The fraction of sp³-hybridized carbons (Fsp3) is 0.0952. The summed E-state index contributed by atoms with van der Waals surface area (Å²) >= 11 is 0. The van der Waals surface area contributed by atoms with Crippen LogP contribution >= 0.6 is 0 Å². The van der Waals surface area contributed by atoms with Gasteiger partial charge in [-0.25, -0.2) is 0 Å². The van der Waals surface area contributed by atoms with E-state index in [2.05, 4.69) is 99.1 Å². The number of hydrogen-bond donors (Lipinski definition) is 0. The zero-order valence-electron chi connectivity index (χ0n) is 60.0. The van der Waals surface area contributed by atoms with Crippen molar-refractivity contribution >= 4 is 0 Å². The van der Waals surface area contributed by atoms with Crippen LogP contribution in [-0.2, 0) is 137 Å². The van der Waals surface area contributed by atoms with Crippen molar-refractivity contribution in [2.75, 3.05) is 0 Å². The second-order valence-corrected chi connectivity index (χ2v) is 21.0. The van der Waals surface area contributed by atoms with Crippen LogP contribution < -0.4 is 36.5 Å². The summed E-state index contributed by atoms with van der Waals surface area (Å²) in [5.41, 5.74) is 8.10. The number of hydrogen-bond acceptors (Lipinski definition) is 4. The van der Waals surface area contributed by atoms with Crippen molar-refractivity contribution in [3.05, 3.63) is 419 Å². The molecule has 0 bridgehead atoms. The first-order valence-corrected chi connectivity index (χ1v) is 31.3. The van der Waals surface area contributed by atoms with E-state index in [0.29, 0.717) is 0 Å². The zero-order chi connectivity index (χ0) is 75.1. The summed E-state index contributed by atoms with van der Waals surface area (Å²) in [6.07, 6.45) is 55.9. The van der Waals surface area contributed by atoms with Gasteiger partial charge in [0, 0.05) is 180 Å². The minimum atomic E-state index is 0. The number of para-hydroxylation sites is 8. The largest absolute Gasteiger partial charge is 0.512 e. The number of imidazole rings is 8. The first kappa shape index (κ1) is 94.0. The van der Waals surface area contributed by atoms with Crippen molar-refractivity contribution in [3.63, 3.8) is 0 Å². The Bertz CT molecular complexity index is 4030. The smallest absolute Gasteiger partial charge is 0.241 e. The van der Waals surface area contributed by atoms with E-state index in [1.807, 2.05) is 423 Å². The summed E-state index contributed by atoms with van der Waals surface area (Å²) in [5, 5.41) is 25.0. The number of aryl methyl sites for hydroxylation is 8. The fourth-order valence-corrected chi connectivity index (χ4v) is 8.57. The quantitative estimate of drug-likeness (QED) is 0.113. The summed E-state index contributed by atoms with van der Waals surface area (Å²) in [6.45, 7) is 19.0. The van der Waals surface area contributed by atoms with E-state index < -0.39 is 0 Å². The maximum Gasteiger partial charge on any atom is 0.241 e. The normalized spacial score (nSPS) is 9.04. The van der Waals surface area contributed by atoms with Crippen molar-refractivity contribution in [3.8, 4) is 45.5 Å². The maximum atomic E-state index is 6.25. The molecule has 8 aromatic carbocycles. The molecule has 0 aliphatic rings. The van der Waals surface area contributed by atoms with Crippen molar-refractivity contribution in [1.82, 2.24) is 36.5 Å². The Hall–Kier alpha value is -12.0. The third-order valence-corrected chi connectivity index (χ3v) is 13.3. The van der Waals surface area contributed by atoms with Crippen LogP contribution in [0.5, 0.6) is 0 Å². The summed E-state index contributed by atoms with van der Waals surface area (Å²) in [5.74, 6) is 0. The van der Waals surface area contributed by atoms with Crippen molar-refractivity contribution in [1.29, 1.82) is 21.0 Å². The van der Waals surface area contributed by atoms with E-state index in [0.717, 1.165) is 45.5 Å². The van der Waals surface area contributed by atoms with Gasteiger partial charge < -0.3 is 120 Å². The van der Waals surface area contributed by atoms with Crippen LogP contribution in [0.25, 0.3) is 45.5 Å². The molecule has 0 aliphatic carbocycles. The number of nitrogens with zero attached hydrogens (tertiary/aromatic N) is 20. The Morgan fingerprint density at radius 1 is 0.194 bits per heavy atom. The Kier molecular flexibility index (Phi) is 47.5. The van der Waals surface area contributed by atoms with Crippen LogP contribution in [0.15, 0.2) is 293 Å². The van der Waals surface area contributed by atoms with Crippen molar-refractivity contribution < 1.29 is 117 Å². The first-order chi connectivity index (χ1) is 50.9. The molecule has 0 aliphatic heterocycles. The van der Waals surface area contributed by atoms with Crippen molar-refractivity contribution in [2.24, 2.45) is 56.4 Å². The van der Waals surface area contributed by atoms with Gasteiger partial charge in [-0.2, -0.15) is 243 Å². The van der Waals surface area contributed by atoms with Gasteiger partial charge in [0.15, 0.2) is 0 Å². The van der Waals surface area contributed by atoms with E-state index in [1.165, 1.54) is 0 Å². The van der Waals surface area contributed by atoms with E-state index in [4.69, 9.17) is 47.3 Å². The monoisotopic (exact) mass is 2130 g/mol. The molecule has 0 saturated heterocycles. The predicted molar refractivity (Wildman–Crippen MR) is 377 cm³/mol. The van der Waals surface area contributed by atoms with Gasteiger partial charge in [-0.3, -0.25) is 0 Å². The Morgan fingerprint density at radius 2 is 0.296 bits per heavy atom. The molecule has 16 rings (SSSR count). The van der Waals surface area contributed by atoms with Crippen LogP contribution in [0.2, 0.25) is 0 Å². The second-order valence-electron chi connectivity index (χ2n) is 21.0. The third-order valence-electron chi connectivity index (χ3n) is 13.3. The number of aromatic nitrogens is 16. The first-order valence-electron chi connectivity index (χ1n) is 31.3. The zero-order valence-corrected chi connectivity index (χ0v) is 69.6. The molecular weight excluding hydrogens is 2060 g/mol. The maximum absolute atomic E-state index is 6.25. The summed E-state index contributed by atoms with van der Waals surface area (Å²) in [4.78, 5) is 0. The molecule has 8 heterocycles. The van der Waals surface area contributed by atoms with Crippen molar-refractivity contribution in [2.45, 2.75) is 0 Å². The van der Waals surface area contributed by atoms with E-state index in [1.54, 1.807) is 0 Å². The second kappa shape index (κ2) is 54.6.